The van der Waals surface area contributed by atoms with E-state index in [9.17, 15) is 18.5 Å². The number of rotatable bonds is 5. The third-order valence-electron chi connectivity index (χ3n) is 3.32. The summed E-state index contributed by atoms with van der Waals surface area (Å²) in [6, 6.07) is 12.4. The normalized spacial score (nSPS) is 11.2. The number of hydrogen-bond donors (Lipinski definition) is 1. The maximum absolute atomic E-state index is 12.4. The van der Waals surface area contributed by atoms with Crippen molar-refractivity contribution in [2.75, 3.05) is 4.72 Å². The third kappa shape index (κ3) is 3.64. The summed E-state index contributed by atoms with van der Waals surface area (Å²) in [4.78, 5) is 14.7. The smallest absolute Gasteiger partial charge is 0.258 e. The topological polar surface area (TPSA) is 115 Å². The summed E-state index contributed by atoms with van der Waals surface area (Å²) in [5.74, 6) is 0.0962. The molecular weight excluding hydrogens is 364 g/mol. The lowest BCUT2D eigenvalue weighted by molar-refractivity contribution is -0.384. The summed E-state index contributed by atoms with van der Waals surface area (Å²) >= 11 is 0.815. The van der Waals surface area contributed by atoms with Gasteiger partial charge in [0.05, 0.1) is 15.4 Å². The summed E-state index contributed by atoms with van der Waals surface area (Å²) in [7, 11) is -3.80. The number of nitro benzene ring substituents is 1. The molecule has 1 heterocycles. The molecule has 0 amide bonds. The van der Waals surface area contributed by atoms with Crippen molar-refractivity contribution < 1.29 is 13.3 Å². The van der Waals surface area contributed by atoms with Crippen LogP contribution in [0.3, 0.4) is 0 Å². The maximum atomic E-state index is 12.4. The van der Waals surface area contributed by atoms with Gasteiger partial charge in [0.1, 0.15) is 0 Å². The summed E-state index contributed by atoms with van der Waals surface area (Å²) in [6.07, 6.45) is 0. The van der Waals surface area contributed by atoms with E-state index >= 15 is 0 Å². The molecular formula is C15H12N4O4S2. The number of sulfonamides is 1. The minimum atomic E-state index is -3.80. The first-order valence-corrected chi connectivity index (χ1v) is 9.29. The summed E-state index contributed by atoms with van der Waals surface area (Å²) in [5, 5.41) is 11.1. The number of nitrogens with zero attached hydrogens (tertiary/aromatic N) is 3. The molecule has 0 fully saturated rings. The summed E-state index contributed by atoms with van der Waals surface area (Å²) < 4.78 is 31.1. The van der Waals surface area contributed by atoms with Crippen LogP contribution < -0.4 is 4.72 Å². The highest BCUT2D eigenvalue weighted by Gasteiger charge is 2.21. The lowest BCUT2D eigenvalue weighted by Crippen LogP contribution is -2.12. The van der Waals surface area contributed by atoms with Crippen LogP contribution in [-0.2, 0) is 10.0 Å². The van der Waals surface area contributed by atoms with Gasteiger partial charge >= 0.3 is 0 Å². The molecule has 0 saturated carbocycles. The van der Waals surface area contributed by atoms with Gasteiger partial charge in [-0.05, 0) is 25.1 Å². The zero-order chi connectivity index (χ0) is 18.0. The molecule has 0 aliphatic rings. The highest BCUT2D eigenvalue weighted by molar-refractivity contribution is 7.93. The van der Waals surface area contributed by atoms with Crippen LogP contribution in [0.15, 0.2) is 53.4 Å². The van der Waals surface area contributed by atoms with E-state index in [1.54, 1.807) is 18.2 Å². The molecule has 3 rings (SSSR count). The molecule has 0 radical (unpaired) electrons. The van der Waals surface area contributed by atoms with Crippen LogP contribution in [0.4, 0.5) is 10.8 Å². The van der Waals surface area contributed by atoms with Gasteiger partial charge in [0, 0.05) is 17.6 Å². The molecule has 1 N–H and O–H groups in total. The van der Waals surface area contributed by atoms with E-state index in [2.05, 4.69) is 14.1 Å². The number of para-hydroxylation sites is 1. The quantitative estimate of drug-likeness (QED) is 0.540. The molecule has 128 valence electrons. The van der Waals surface area contributed by atoms with Gasteiger partial charge in [-0.2, -0.15) is 9.36 Å². The number of hydrogen-bond acceptors (Lipinski definition) is 7. The molecule has 0 unspecified atom stereocenters. The number of benzene rings is 2. The highest BCUT2D eigenvalue weighted by atomic mass is 32.2. The predicted octanol–water partition coefficient (Wildman–Crippen LogP) is 3.22. The molecule has 0 aliphatic carbocycles. The van der Waals surface area contributed by atoms with Gasteiger partial charge < -0.3 is 0 Å². The Balaban J connectivity index is 1.90. The second-order valence-corrected chi connectivity index (χ2v) is 7.55. The molecule has 0 bridgehead atoms. The number of nitrogens with one attached hydrogen (secondary N) is 1. The van der Waals surface area contributed by atoms with Gasteiger partial charge in [-0.25, -0.2) is 8.42 Å². The fourth-order valence-electron chi connectivity index (χ4n) is 2.09. The van der Waals surface area contributed by atoms with Gasteiger partial charge in [-0.15, -0.1) is 0 Å². The molecule has 2 aromatic carbocycles. The number of aromatic nitrogens is 2. The Kier molecular flexibility index (Phi) is 4.47. The van der Waals surface area contributed by atoms with E-state index in [0.717, 1.165) is 17.1 Å². The lowest BCUT2D eigenvalue weighted by Gasteiger charge is -2.04. The fourth-order valence-corrected chi connectivity index (χ4v) is 3.89. The first-order chi connectivity index (χ1) is 11.9. The van der Waals surface area contributed by atoms with Crippen molar-refractivity contribution in [2.45, 2.75) is 11.8 Å². The Labute approximate surface area is 147 Å². The summed E-state index contributed by atoms with van der Waals surface area (Å²) in [5.41, 5.74) is 1.02. The van der Waals surface area contributed by atoms with E-state index in [1.165, 1.54) is 30.3 Å². The zero-order valence-corrected chi connectivity index (χ0v) is 14.5. The van der Waals surface area contributed by atoms with Crippen LogP contribution in [0.1, 0.15) is 5.56 Å². The Morgan fingerprint density at radius 1 is 1.12 bits per heavy atom. The van der Waals surface area contributed by atoms with Crippen LogP contribution in [-0.4, -0.2) is 22.7 Å². The third-order valence-corrected chi connectivity index (χ3v) is 5.44. The first kappa shape index (κ1) is 17.0. The molecule has 0 aliphatic heterocycles. The number of aryl methyl sites for hydroxylation is 1. The van der Waals surface area contributed by atoms with Crippen LogP contribution in [0, 0.1) is 17.0 Å². The van der Waals surface area contributed by atoms with Crippen LogP contribution in [0.5, 0.6) is 0 Å². The van der Waals surface area contributed by atoms with Crippen molar-refractivity contribution >= 4 is 32.4 Å². The molecule has 3 aromatic rings. The van der Waals surface area contributed by atoms with Crippen LogP contribution in [0.2, 0.25) is 0 Å². The highest BCUT2D eigenvalue weighted by Crippen LogP contribution is 2.30. The van der Waals surface area contributed by atoms with Crippen molar-refractivity contribution in [1.29, 1.82) is 0 Å². The lowest BCUT2D eigenvalue weighted by atomic mass is 10.2. The van der Waals surface area contributed by atoms with E-state index < -0.39 is 14.9 Å². The summed E-state index contributed by atoms with van der Waals surface area (Å²) in [6.45, 7) is 1.85. The SMILES string of the molecule is Cc1ccc(S(=O)(=O)Nc2nc(-c3ccccc3[N+](=O)[O-])ns2)cc1. The van der Waals surface area contributed by atoms with E-state index in [0.29, 0.717) is 0 Å². The van der Waals surface area contributed by atoms with Gasteiger partial charge in [-0.3, -0.25) is 14.8 Å². The number of nitro groups is 1. The Bertz CT molecular complexity index is 1030. The van der Waals surface area contributed by atoms with E-state index in [-0.39, 0.29) is 27.1 Å². The second-order valence-electron chi connectivity index (χ2n) is 5.12. The molecule has 1 aromatic heterocycles. The van der Waals surface area contributed by atoms with E-state index in [4.69, 9.17) is 0 Å². The average molecular weight is 376 g/mol. The minimum absolute atomic E-state index is 0.0359. The Morgan fingerprint density at radius 2 is 1.80 bits per heavy atom. The zero-order valence-electron chi connectivity index (χ0n) is 12.9. The van der Waals surface area contributed by atoms with Gasteiger partial charge in [0.2, 0.25) is 5.13 Å². The van der Waals surface area contributed by atoms with Crippen molar-refractivity contribution in [3.8, 4) is 11.4 Å². The van der Waals surface area contributed by atoms with Crippen molar-refractivity contribution in [1.82, 2.24) is 9.36 Å². The second kappa shape index (κ2) is 6.57. The van der Waals surface area contributed by atoms with E-state index in [1.807, 2.05) is 6.92 Å². The van der Waals surface area contributed by atoms with Crippen LogP contribution >= 0.6 is 11.5 Å². The molecule has 0 saturated heterocycles. The average Bonchev–Trinajstić information content (AvgIpc) is 3.03. The molecule has 0 spiro atoms. The van der Waals surface area contributed by atoms with Crippen LogP contribution in [0.25, 0.3) is 11.4 Å². The van der Waals surface area contributed by atoms with Crippen molar-refractivity contribution in [2.24, 2.45) is 0 Å². The van der Waals surface area contributed by atoms with Gasteiger partial charge in [0.25, 0.3) is 15.7 Å². The number of anilines is 1. The molecule has 25 heavy (non-hydrogen) atoms. The fraction of sp³-hybridized carbons (Fsp3) is 0.0667. The Hall–Kier alpha value is -2.85. The standard InChI is InChI=1S/C15H12N4O4S2/c1-10-6-8-11(9-7-10)25(22,23)18-15-16-14(17-24-15)12-4-2-3-5-13(12)19(20)21/h2-9H,1H3,(H,16,17,18). The minimum Gasteiger partial charge on any atom is -0.258 e. The van der Waals surface area contributed by atoms with Gasteiger partial charge in [-0.1, -0.05) is 29.8 Å². The maximum Gasteiger partial charge on any atom is 0.280 e. The molecule has 8 nitrogen and oxygen atoms in total. The monoisotopic (exact) mass is 376 g/mol. The first-order valence-electron chi connectivity index (χ1n) is 7.04. The predicted molar refractivity (Wildman–Crippen MR) is 94.0 cm³/mol. The van der Waals surface area contributed by atoms with Crippen molar-refractivity contribution in [3.63, 3.8) is 0 Å². The van der Waals surface area contributed by atoms with Crippen molar-refractivity contribution in [3.05, 3.63) is 64.2 Å². The molecule has 0 atom stereocenters. The van der Waals surface area contributed by atoms with Gasteiger partial charge in [0.15, 0.2) is 5.82 Å². The Morgan fingerprint density at radius 3 is 2.48 bits per heavy atom. The molecule has 10 heteroatoms. The largest absolute Gasteiger partial charge is 0.280 e.